The fourth-order valence-corrected chi connectivity index (χ4v) is 5.62. The zero-order chi connectivity index (χ0) is 27.1. The Morgan fingerprint density at radius 3 is 2.26 bits per heavy atom. The summed E-state index contributed by atoms with van der Waals surface area (Å²) in [6, 6.07) is 7.26. The van der Waals surface area contributed by atoms with Gasteiger partial charge in [0, 0.05) is 44.8 Å². The summed E-state index contributed by atoms with van der Waals surface area (Å²) in [6.45, 7) is 11.9. The molecule has 2 aromatic carbocycles. The standard InChI is InChI=1S/C27H35ClN4O5S/c1-5-35-20-16-18(17-21(36-6-2)25(20)37-7-3)26(33)29-10-11-31-12-14-32(15-13-31)27-30-23-22(38-27)9-8-19(28)24(23)34-4/h8-9,16-17H,5-7,10-15H2,1-4H3,(H,29,33). The van der Waals surface area contributed by atoms with E-state index in [1.807, 2.05) is 32.9 Å². The van der Waals surface area contributed by atoms with E-state index in [-0.39, 0.29) is 5.91 Å². The molecule has 0 spiro atoms. The Labute approximate surface area is 232 Å². The lowest BCUT2D eigenvalue weighted by atomic mass is 10.1. The van der Waals surface area contributed by atoms with E-state index >= 15 is 0 Å². The second-order valence-electron chi connectivity index (χ2n) is 8.61. The second-order valence-corrected chi connectivity index (χ2v) is 10.0. The average Bonchev–Trinajstić information content (AvgIpc) is 3.35. The minimum Gasteiger partial charge on any atom is -0.493 e. The average molecular weight is 563 g/mol. The van der Waals surface area contributed by atoms with Crippen molar-refractivity contribution in [2.24, 2.45) is 0 Å². The van der Waals surface area contributed by atoms with Crippen LogP contribution in [0.2, 0.25) is 5.02 Å². The van der Waals surface area contributed by atoms with Gasteiger partial charge in [0.2, 0.25) is 5.75 Å². The van der Waals surface area contributed by atoms with Crippen molar-refractivity contribution in [1.82, 2.24) is 15.2 Å². The summed E-state index contributed by atoms with van der Waals surface area (Å²) in [7, 11) is 1.61. The van der Waals surface area contributed by atoms with Crippen molar-refractivity contribution in [2.45, 2.75) is 20.8 Å². The molecule has 0 radical (unpaired) electrons. The molecule has 1 aliphatic rings. The molecule has 1 aliphatic heterocycles. The van der Waals surface area contributed by atoms with Gasteiger partial charge >= 0.3 is 0 Å². The molecule has 1 N–H and O–H groups in total. The van der Waals surface area contributed by atoms with Crippen LogP contribution in [0, 0.1) is 0 Å². The molecule has 0 unspecified atom stereocenters. The number of benzene rings is 2. The predicted octanol–water partition coefficient (Wildman–Crippen LogP) is 4.71. The second kappa shape index (κ2) is 13.2. The summed E-state index contributed by atoms with van der Waals surface area (Å²) >= 11 is 7.91. The number of ether oxygens (including phenoxy) is 4. The number of nitrogens with one attached hydrogen (secondary N) is 1. The van der Waals surface area contributed by atoms with E-state index < -0.39 is 0 Å². The predicted molar refractivity (Wildman–Crippen MR) is 152 cm³/mol. The molecule has 0 bridgehead atoms. The molecule has 3 aromatic rings. The van der Waals surface area contributed by atoms with Crippen LogP contribution in [0.3, 0.4) is 0 Å². The highest BCUT2D eigenvalue weighted by Crippen LogP contribution is 2.40. The lowest BCUT2D eigenvalue weighted by Crippen LogP contribution is -2.48. The molecule has 11 heteroatoms. The summed E-state index contributed by atoms with van der Waals surface area (Å²) in [5, 5.41) is 4.57. The third-order valence-corrected chi connectivity index (χ3v) is 7.57. The van der Waals surface area contributed by atoms with Gasteiger partial charge in [-0.3, -0.25) is 9.69 Å². The normalized spacial score (nSPS) is 14.0. The van der Waals surface area contributed by atoms with Crippen LogP contribution < -0.4 is 29.2 Å². The molecule has 0 atom stereocenters. The van der Waals surface area contributed by atoms with Crippen LogP contribution in [0.25, 0.3) is 10.2 Å². The molecule has 1 aromatic heterocycles. The summed E-state index contributed by atoms with van der Waals surface area (Å²) in [6.07, 6.45) is 0. The van der Waals surface area contributed by atoms with Crippen molar-refractivity contribution in [3.63, 3.8) is 0 Å². The van der Waals surface area contributed by atoms with Crippen LogP contribution >= 0.6 is 22.9 Å². The third-order valence-electron chi connectivity index (χ3n) is 6.19. The van der Waals surface area contributed by atoms with Gasteiger partial charge in [0.15, 0.2) is 22.4 Å². The maximum absolute atomic E-state index is 13.0. The Morgan fingerprint density at radius 1 is 1.00 bits per heavy atom. The fraction of sp³-hybridized carbons (Fsp3) is 0.481. The Bertz CT molecular complexity index is 1220. The molecule has 4 rings (SSSR count). The smallest absolute Gasteiger partial charge is 0.251 e. The van der Waals surface area contributed by atoms with Crippen LogP contribution in [0.15, 0.2) is 24.3 Å². The van der Waals surface area contributed by atoms with Gasteiger partial charge in [-0.05, 0) is 45.0 Å². The van der Waals surface area contributed by atoms with E-state index in [9.17, 15) is 4.79 Å². The van der Waals surface area contributed by atoms with Gasteiger partial charge in [-0.25, -0.2) is 4.98 Å². The number of carbonyl (C=O) groups is 1. The Morgan fingerprint density at radius 2 is 1.66 bits per heavy atom. The molecule has 38 heavy (non-hydrogen) atoms. The van der Waals surface area contributed by atoms with Crippen LogP contribution in [0.1, 0.15) is 31.1 Å². The number of hydrogen-bond donors (Lipinski definition) is 1. The lowest BCUT2D eigenvalue weighted by Gasteiger charge is -2.34. The first-order valence-electron chi connectivity index (χ1n) is 12.9. The minimum absolute atomic E-state index is 0.171. The summed E-state index contributed by atoms with van der Waals surface area (Å²) in [5.74, 6) is 2.00. The quantitative estimate of drug-likeness (QED) is 0.340. The number of rotatable bonds is 12. The number of anilines is 1. The van der Waals surface area contributed by atoms with E-state index in [0.717, 1.165) is 48.1 Å². The first-order chi connectivity index (χ1) is 18.5. The number of amides is 1. The van der Waals surface area contributed by atoms with Gasteiger partial charge in [0.05, 0.1) is 36.7 Å². The van der Waals surface area contributed by atoms with Gasteiger partial charge in [-0.1, -0.05) is 22.9 Å². The fourth-order valence-electron chi connectivity index (χ4n) is 4.38. The van der Waals surface area contributed by atoms with Crippen molar-refractivity contribution < 1.29 is 23.7 Å². The largest absolute Gasteiger partial charge is 0.493 e. The van der Waals surface area contributed by atoms with Crippen LogP contribution in [-0.2, 0) is 0 Å². The Balaban J connectivity index is 1.32. The van der Waals surface area contributed by atoms with Crippen molar-refractivity contribution in [2.75, 3.05) is 71.1 Å². The molecule has 2 heterocycles. The van der Waals surface area contributed by atoms with E-state index in [1.165, 1.54) is 0 Å². The van der Waals surface area contributed by atoms with Crippen molar-refractivity contribution >= 4 is 44.2 Å². The molecular weight excluding hydrogens is 528 g/mol. The highest BCUT2D eigenvalue weighted by atomic mass is 35.5. The molecule has 1 saturated heterocycles. The topological polar surface area (TPSA) is 85.4 Å². The third kappa shape index (κ3) is 6.36. The van der Waals surface area contributed by atoms with E-state index in [1.54, 1.807) is 30.6 Å². The Kier molecular flexibility index (Phi) is 9.76. The number of aromatic nitrogens is 1. The van der Waals surface area contributed by atoms with E-state index in [0.29, 0.717) is 59.9 Å². The van der Waals surface area contributed by atoms with Crippen LogP contribution in [0.5, 0.6) is 23.0 Å². The first-order valence-corrected chi connectivity index (χ1v) is 14.1. The number of methoxy groups -OCH3 is 1. The van der Waals surface area contributed by atoms with Gasteiger partial charge < -0.3 is 29.2 Å². The van der Waals surface area contributed by atoms with Gasteiger partial charge in [-0.2, -0.15) is 0 Å². The number of hydrogen-bond acceptors (Lipinski definition) is 9. The summed E-state index contributed by atoms with van der Waals surface area (Å²) < 4.78 is 23.7. The van der Waals surface area contributed by atoms with Crippen LogP contribution in [0.4, 0.5) is 5.13 Å². The monoisotopic (exact) mass is 562 g/mol. The lowest BCUT2D eigenvalue weighted by molar-refractivity contribution is 0.0946. The van der Waals surface area contributed by atoms with E-state index in [4.69, 9.17) is 35.5 Å². The van der Waals surface area contributed by atoms with Gasteiger partial charge in [0.1, 0.15) is 5.52 Å². The van der Waals surface area contributed by atoms with Crippen molar-refractivity contribution in [3.8, 4) is 23.0 Å². The SMILES string of the molecule is CCOc1cc(C(=O)NCCN2CCN(c3nc4c(OC)c(Cl)ccc4s3)CC2)cc(OCC)c1OCC. The zero-order valence-corrected chi connectivity index (χ0v) is 23.9. The highest BCUT2D eigenvalue weighted by molar-refractivity contribution is 7.22. The van der Waals surface area contributed by atoms with Crippen LogP contribution in [-0.4, -0.2) is 82.0 Å². The number of fused-ring (bicyclic) bond motifs is 1. The number of thiazole rings is 1. The molecule has 1 amide bonds. The summed E-state index contributed by atoms with van der Waals surface area (Å²) in [4.78, 5) is 22.4. The first kappa shape index (κ1) is 28.1. The molecule has 1 fully saturated rings. The highest BCUT2D eigenvalue weighted by Gasteiger charge is 2.22. The molecule has 9 nitrogen and oxygen atoms in total. The maximum Gasteiger partial charge on any atom is 0.251 e. The maximum atomic E-state index is 13.0. The molecule has 206 valence electrons. The van der Waals surface area contributed by atoms with Gasteiger partial charge in [-0.15, -0.1) is 0 Å². The summed E-state index contributed by atoms with van der Waals surface area (Å²) in [5.41, 5.74) is 1.29. The molecular formula is C27H35ClN4O5S. The van der Waals surface area contributed by atoms with Gasteiger partial charge in [0.25, 0.3) is 5.91 Å². The molecule has 0 saturated carbocycles. The Hall–Kier alpha value is -2.95. The number of carbonyl (C=O) groups excluding carboxylic acids is 1. The molecule has 0 aliphatic carbocycles. The number of nitrogens with zero attached hydrogens (tertiary/aromatic N) is 3. The van der Waals surface area contributed by atoms with Crippen molar-refractivity contribution in [3.05, 3.63) is 34.9 Å². The minimum atomic E-state index is -0.171. The van der Waals surface area contributed by atoms with Crippen molar-refractivity contribution in [1.29, 1.82) is 0 Å². The number of piperazine rings is 1. The van der Waals surface area contributed by atoms with E-state index in [2.05, 4.69) is 15.1 Å². The number of halogens is 1. The zero-order valence-electron chi connectivity index (χ0n) is 22.3.